The minimum absolute atomic E-state index is 0.00315. The average Bonchev–Trinajstić information content (AvgIpc) is 3.35. The highest BCUT2D eigenvalue weighted by molar-refractivity contribution is 6.07. The van der Waals surface area contributed by atoms with Gasteiger partial charge in [0.15, 0.2) is 0 Å². The standard InChI is InChI=1S/C31H40N2O3/c1-2-3-4-7-21-36-27-15-12-24(13-16-27)30(34)33-20-18-25-22-26(14-17-29(25)33)31(35)32-19-8-10-23-9-5-6-11-28(23)32/h12-17,22-23,28H,2-11,18-21H2,1H3/t23-,28-/m1/s1. The van der Waals surface area contributed by atoms with E-state index in [1.807, 2.05) is 47.4 Å². The molecule has 2 fully saturated rings. The normalized spacial score (nSPS) is 21.1. The summed E-state index contributed by atoms with van der Waals surface area (Å²) in [6, 6.07) is 13.8. The van der Waals surface area contributed by atoms with Crippen molar-refractivity contribution in [3.8, 4) is 5.75 Å². The van der Waals surface area contributed by atoms with Crippen molar-refractivity contribution in [2.45, 2.75) is 83.6 Å². The number of amides is 2. The van der Waals surface area contributed by atoms with E-state index in [1.54, 1.807) is 0 Å². The summed E-state index contributed by atoms with van der Waals surface area (Å²) in [4.78, 5) is 30.8. The first-order chi connectivity index (χ1) is 17.7. The van der Waals surface area contributed by atoms with Crippen molar-refractivity contribution < 1.29 is 14.3 Å². The van der Waals surface area contributed by atoms with E-state index in [1.165, 1.54) is 44.9 Å². The predicted molar refractivity (Wildman–Crippen MR) is 144 cm³/mol. The Bertz CT molecular complexity index is 1060. The van der Waals surface area contributed by atoms with E-state index in [-0.39, 0.29) is 11.8 Å². The third-order valence-electron chi connectivity index (χ3n) is 8.34. The number of rotatable bonds is 8. The molecule has 0 spiro atoms. The van der Waals surface area contributed by atoms with E-state index in [2.05, 4.69) is 11.8 Å². The third-order valence-corrected chi connectivity index (χ3v) is 8.34. The second kappa shape index (κ2) is 11.5. The maximum atomic E-state index is 13.5. The van der Waals surface area contributed by atoms with Gasteiger partial charge < -0.3 is 14.5 Å². The van der Waals surface area contributed by atoms with E-state index in [9.17, 15) is 9.59 Å². The molecule has 1 saturated heterocycles. The average molecular weight is 489 g/mol. The second-order valence-corrected chi connectivity index (χ2v) is 10.7. The molecule has 5 nitrogen and oxygen atoms in total. The number of fused-ring (bicyclic) bond motifs is 2. The molecular weight excluding hydrogens is 448 g/mol. The molecule has 0 aromatic heterocycles. The second-order valence-electron chi connectivity index (χ2n) is 10.7. The van der Waals surface area contributed by atoms with Gasteiger partial charge in [0, 0.05) is 35.9 Å². The van der Waals surface area contributed by atoms with Gasteiger partial charge >= 0.3 is 0 Å². The molecule has 0 N–H and O–H groups in total. The molecule has 5 heteroatoms. The summed E-state index contributed by atoms with van der Waals surface area (Å²) in [5.74, 6) is 1.66. The van der Waals surface area contributed by atoms with Crippen LogP contribution in [0.5, 0.6) is 5.75 Å². The number of nitrogens with zero attached hydrogens (tertiary/aromatic N) is 2. The van der Waals surface area contributed by atoms with Crippen molar-refractivity contribution in [2.75, 3.05) is 24.6 Å². The Balaban J connectivity index is 1.23. The van der Waals surface area contributed by atoms with Crippen molar-refractivity contribution in [1.82, 2.24) is 4.90 Å². The molecule has 5 rings (SSSR count). The van der Waals surface area contributed by atoms with E-state index in [0.717, 1.165) is 54.8 Å². The van der Waals surface area contributed by atoms with Crippen molar-refractivity contribution in [2.24, 2.45) is 5.92 Å². The molecule has 2 atom stereocenters. The van der Waals surface area contributed by atoms with Crippen LogP contribution >= 0.6 is 0 Å². The van der Waals surface area contributed by atoms with E-state index >= 15 is 0 Å². The summed E-state index contributed by atoms with van der Waals surface area (Å²) in [5, 5.41) is 0. The highest BCUT2D eigenvalue weighted by atomic mass is 16.5. The van der Waals surface area contributed by atoms with Crippen LogP contribution in [0.4, 0.5) is 5.69 Å². The molecule has 2 heterocycles. The molecular formula is C31H40N2O3. The van der Waals surface area contributed by atoms with E-state index in [0.29, 0.717) is 30.7 Å². The lowest BCUT2D eigenvalue weighted by Gasteiger charge is -2.44. The summed E-state index contributed by atoms with van der Waals surface area (Å²) in [5.41, 5.74) is 3.47. The Morgan fingerprint density at radius 3 is 2.47 bits per heavy atom. The number of hydrogen-bond acceptors (Lipinski definition) is 3. The summed E-state index contributed by atoms with van der Waals surface area (Å²) >= 11 is 0. The molecule has 3 aliphatic rings. The van der Waals surface area contributed by atoms with Crippen LogP contribution in [0.1, 0.15) is 97.4 Å². The van der Waals surface area contributed by atoms with Gasteiger partial charge in [-0.3, -0.25) is 9.59 Å². The van der Waals surface area contributed by atoms with Gasteiger partial charge in [-0.2, -0.15) is 0 Å². The highest BCUT2D eigenvalue weighted by Gasteiger charge is 2.36. The monoisotopic (exact) mass is 488 g/mol. The number of carbonyl (C=O) groups excluding carboxylic acids is 2. The number of hydrogen-bond donors (Lipinski definition) is 0. The number of carbonyl (C=O) groups is 2. The van der Waals surface area contributed by atoms with Crippen molar-refractivity contribution in [3.63, 3.8) is 0 Å². The SMILES string of the molecule is CCCCCCOc1ccc(C(=O)N2CCc3cc(C(=O)N4CCC[C@H]5CCCC[C@H]54)ccc32)cc1. The summed E-state index contributed by atoms with van der Waals surface area (Å²) in [7, 11) is 0. The number of benzene rings is 2. The Morgan fingerprint density at radius 2 is 1.64 bits per heavy atom. The zero-order valence-electron chi connectivity index (χ0n) is 21.7. The molecule has 2 amide bonds. The van der Waals surface area contributed by atoms with Gasteiger partial charge in [-0.25, -0.2) is 0 Å². The van der Waals surface area contributed by atoms with Gasteiger partial charge in [-0.15, -0.1) is 0 Å². The van der Waals surface area contributed by atoms with Crippen LogP contribution in [0.3, 0.4) is 0 Å². The maximum absolute atomic E-state index is 13.5. The van der Waals surface area contributed by atoms with Crippen LogP contribution in [0.25, 0.3) is 0 Å². The minimum atomic E-state index is 0.00315. The van der Waals surface area contributed by atoms with Gasteiger partial charge in [0.25, 0.3) is 11.8 Å². The van der Waals surface area contributed by atoms with Crippen LogP contribution in [0.15, 0.2) is 42.5 Å². The fourth-order valence-corrected chi connectivity index (χ4v) is 6.36. The topological polar surface area (TPSA) is 49.9 Å². The molecule has 0 bridgehead atoms. The molecule has 0 unspecified atom stereocenters. The first-order valence-electron chi connectivity index (χ1n) is 14.1. The van der Waals surface area contributed by atoms with Gasteiger partial charge in [0.1, 0.15) is 5.75 Å². The van der Waals surface area contributed by atoms with E-state index < -0.39 is 0 Å². The zero-order chi connectivity index (χ0) is 24.9. The number of unbranched alkanes of at least 4 members (excludes halogenated alkanes) is 3. The molecule has 192 valence electrons. The molecule has 0 radical (unpaired) electrons. The largest absolute Gasteiger partial charge is 0.494 e. The lowest BCUT2D eigenvalue weighted by atomic mass is 9.78. The quantitative estimate of drug-likeness (QED) is 0.391. The van der Waals surface area contributed by atoms with E-state index in [4.69, 9.17) is 4.74 Å². The number of anilines is 1. The predicted octanol–water partition coefficient (Wildman–Crippen LogP) is 6.64. The van der Waals surface area contributed by atoms with Crippen LogP contribution in [-0.4, -0.2) is 42.5 Å². The number of ether oxygens (including phenoxy) is 1. The van der Waals surface area contributed by atoms with Crippen LogP contribution in [0, 0.1) is 5.92 Å². The smallest absolute Gasteiger partial charge is 0.258 e. The van der Waals surface area contributed by atoms with Crippen LogP contribution in [0.2, 0.25) is 0 Å². The number of piperidine rings is 1. The molecule has 1 saturated carbocycles. The lowest BCUT2D eigenvalue weighted by Crippen LogP contribution is -2.49. The molecule has 36 heavy (non-hydrogen) atoms. The Morgan fingerprint density at radius 1 is 0.861 bits per heavy atom. The first kappa shape index (κ1) is 24.9. The van der Waals surface area contributed by atoms with Gasteiger partial charge in [-0.1, -0.05) is 39.0 Å². The Hall–Kier alpha value is -2.82. The van der Waals surface area contributed by atoms with Crippen LogP contribution in [-0.2, 0) is 6.42 Å². The first-order valence-corrected chi connectivity index (χ1v) is 14.1. The molecule has 2 aromatic carbocycles. The maximum Gasteiger partial charge on any atom is 0.258 e. The Labute approximate surface area is 215 Å². The van der Waals surface area contributed by atoms with Crippen molar-refractivity contribution in [1.29, 1.82) is 0 Å². The molecule has 2 aromatic rings. The fourth-order valence-electron chi connectivity index (χ4n) is 6.36. The highest BCUT2D eigenvalue weighted by Crippen LogP contribution is 2.37. The van der Waals surface area contributed by atoms with Gasteiger partial charge in [0.2, 0.25) is 0 Å². The molecule has 1 aliphatic carbocycles. The zero-order valence-corrected chi connectivity index (χ0v) is 21.7. The van der Waals surface area contributed by atoms with Gasteiger partial charge in [-0.05, 0) is 92.5 Å². The summed E-state index contributed by atoms with van der Waals surface area (Å²) in [6.07, 6.45) is 12.8. The van der Waals surface area contributed by atoms with Gasteiger partial charge in [0.05, 0.1) is 6.61 Å². The van der Waals surface area contributed by atoms with Crippen molar-refractivity contribution in [3.05, 3.63) is 59.2 Å². The Kier molecular flexibility index (Phi) is 7.93. The lowest BCUT2D eigenvalue weighted by molar-refractivity contribution is 0.0390. The fraction of sp³-hybridized carbons (Fsp3) is 0.548. The summed E-state index contributed by atoms with van der Waals surface area (Å²) in [6.45, 7) is 4.44. The summed E-state index contributed by atoms with van der Waals surface area (Å²) < 4.78 is 5.83. The molecule has 2 aliphatic heterocycles. The van der Waals surface area contributed by atoms with Crippen LogP contribution < -0.4 is 9.64 Å². The third kappa shape index (κ3) is 5.30. The minimum Gasteiger partial charge on any atom is -0.494 e. The number of likely N-dealkylation sites (tertiary alicyclic amines) is 1. The van der Waals surface area contributed by atoms with Crippen molar-refractivity contribution >= 4 is 17.5 Å².